The van der Waals surface area contributed by atoms with Gasteiger partial charge in [-0.1, -0.05) is 0 Å². The lowest BCUT2D eigenvalue weighted by molar-refractivity contribution is -0.497. The highest BCUT2D eigenvalue weighted by molar-refractivity contribution is 5.88. The number of ether oxygens (including phenoxy) is 1. The molecule has 2 atom stereocenters. The molecule has 5 saturated carbocycles. The molecular weight excluding hydrogens is 286 g/mol. The van der Waals surface area contributed by atoms with Crippen LogP contribution < -0.4 is 0 Å². The molecule has 6 nitrogen and oxygen atoms in total. The van der Waals surface area contributed by atoms with Crippen LogP contribution in [0.15, 0.2) is 0 Å². The fraction of sp³-hybridized carbons (Fsp3) is 0.875. The second-order valence-electron chi connectivity index (χ2n) is 7.92. The second kappa shape index (κ2) is 4.77. The lowest BCUT2D eigenvalue weighted by Crippen LogP contribution is -2.51. The SMILES string of the molecule is O=C(OCC(=O)C12CC3CC(CC(C3)C1)C2)C1CC1[N+](=O)[O-]. The number of nitrogens with zero attached hydrogens (tertiary/aromatic N) is 1. The first-order chi connectivity index (χ1) is 10.5. The van der Waals surface area contributed by atoms with Crippen LogP contribution in [-0.2, 0) is 14.3 Å². The molecule has 0 heterocycles. The van der Waals surface area contributed by atoms with Crippen molar-refractivity contribution in [1.82, 2.24) is 0 Å². The van der Waals surface area contributed by atoms with E-state index in [0.29, 0.717) is 17.8 Å². The van der Waals surface area contributed by atoms with E-state index in [1.54, 1.807) is 0 Å². The Kier molecular flexibility index (Phi) is 3.07. The zero-order valence-corrected chi connectivity index (χ0v) is 12.5. The Morgan fingerprint density at radius 3 is 2.05 bits per heavy atom. The summed E-state index contributed by atoms with van der Waals surface area (Å²) in [7, 11) is 0. The van der Waals surface area contributed by atoms with Crippen LogP contribution in [0.1, 0.15) is 44.9 Å². The van der Waals surface area contributed by atoms with E-state index in [2.05, 4.69) is 0 Å². The number of rotatable bonds is 5. The van der Waals surface area contributed by atoms with Crippen LogP contribution in [0.25, 0.3) is 0 Å². The van der Waals surface area contributed by atoms with Crippen molar-refractivity contribution in [3.05, 3.63) is 10.1 Å². The largest absolute Gasteiger partial charge is 0.457 e. The zero-order valence-electron chi connectivity index (χ0n) is 12.5. The van der Waals surface area contributed by atoms with E-state index in [9.17, 15) is 19.7 Å². The summed E-state index contributed by atoms with van der Waals surface area (Å²) in [4.78, 5) is 34.6. The molecule has 0 saturated heterocycles. The van der Waals surface area contributed by atoms with E-state index < -0.39 is 22.9 Å². The number of carbonyl (C=O) groups excluding carboxylic acids is 2. The molecule has 0 N–H and O–H groups in total. The maximum Gasteiger partial charge on any atom is 0.316 e. The number of Topliss-reactive ketones (excluding diaryl/α,β-unsaturated/α-hetero) is 1. The molecule has 22 heavy (non-hydrogen) atoms. The van der Waals surface area contributed by atoms with Crippen LogP contribution in [-0.4, -0.2) is 29.3 Å². The fourth-order valence-corrected chi connectivity index (χ4v) is 5.52. The van der Waals surface area contributed by atoms with Crippen LogP contribution in [0.3, 0.4) is 0 Å². The van der Waals surface area contributed by atoms with Crippen molar-refractivity contribution in [3.63, 3.8) is 0 Å². The molecule has 4 bridgehead atoms. The minimum atomic E-state index is -0.804. The molecule has 5 aliphatic carbocycles. The van der Waals surface area contributed by atoms with Gasteiger partial charge in [0.25, 0.3) is 0 Å². The van der Waals surface area contributed by atoms with Gasteiger partial charge in [-0.2, -0.15) is 0 Å². The van der Waals surface area contributed by atoms with Gasteiger partial charge >= 0.3 is 5.97 Å². The van der Waals surface area contributed by atoms with E-state index in [4.69, 9.17) is 4.74 Å². The summed E-state index contributed by atoms with van der Waals surface area (Å²) in [5, 5.41) is 10.6. The third-order valence-electron chi connectivity index (χ3n) is 6.31. The summed E-state index contributed by atoms with van der Waals surface area (Å²) in [6.07, 6.45) is 6.90. The minimum absolute atomic E-state index is 0.0539. The zero-order chi connectivity index (χ0) is 15.5. The van der Waals surface area contributed by atoms with E-state index in [1.807, 2.05) is 0 Å². The Balaban J connectivity index is 1.35. The highest BCUT2D eigenvalue weighted by Gasteiger charge is 2.56. The van der Waals surface area contributed by atoms with Crippen LogP contribution in [0.2, 0.25) is 0 Å². The van der Waals surface area contributed by atoms with Crippen molar-refractivity contribution >= 4 is 11.8 Å². The molecule has 0 aromatic carbocycles. The van der Waals surface area contributed by atoms with Gasteiger partial charge in [0.05, 0.1) is 0 Å². The van der Waals surface area contributed by atoms with Gasteiger partial charge in [0.15, 0.2) is 12.4 Å². The molecule has 5 rings (SSSR count). The smallest absolute Gasteiger partial charge is 0.316 e. The number of carbonyl (C=O) groups is 2. The maximum atomic E-state index is 12.6. The highest BCUT2D eigenvalue weighted by atomic mass is 16.6. The first kappa shape index (κ1) is 14.2. The van der Waals surface area contributed by atoms with E-state index in [-0.39, 0.29) is 24.2 Å². The number of nitro groups is 1. The van der Waals surface area contributed by atoms with Crippen molar-refractivity contribution in [2.45, 2.75) is 51.0 Å². The van der Waals surface area contributed by atoms with Crippen molar-refractivity contribution in [3.8, 4) is 0 Å². The van der Waals surface area contributed by atoms with Crippen LogP contribution in [0.5, 0.6) is 0 Å². The Hall–Kier alpha value is -1.46. The summed E-state index contributed by atoms with van der Waals surface area (Å²) in [6.45, 7) is -0.189. The van der Waals surface area contributed by atoms with Gasteiger partial charge < -0.3 is 4.74 Å². The van der Waals surface area contributed by atoms with Gasteiger partial charge in [-0.3, -0.25) is 19.7 Å². The third kappa shape index (κ3) is 2.23. The number of hydrogen-bond donors (Lipinski definition) is 0. The maximum absolute atomic E-state index is 12.6. The Morgan fingerprint density at radius 2 is 1.59 bits per heavy atom. The molecule has 0 aromatic rings. The monoisotopic (exact) mass is 307 g/mol. The quantitative estimate of drug-likeness (QED) is 0.440. The molecule has 0 aliphatic heterocycles. The summed E-state index contributed by atoms with van der Waals surface area (Å²) < 4.78 is 5.10. The first-order valence-electron chi connectivity index (χ1n) is 8.30. The Morgan fingerprint density at radius 1 is 1.05 bits per heavy atom. The normalized spacial score (nSPS) is 44.6. The van der Waals surface area contributed by atoms with Crippen LogP contribution in [0.4, 0.5) is 0 Å². The van der Waals surface area contributed by atoms with E-state index in [1.165, 1.54) is 19.3 Å². The highest BCUT2D eigenvalue weighted by Crippen LogP contribution is 2.60. The van der Waals surface area contributed by atoms with Crippen molar-refractivity contribution < 1.29 is 19.2 Å². The predicted octanol–water partition coefficient (Wildman–Crippen LogP) is 1.98. The van der Waals surface area contributed by atoms with Crippen molar-refractivity contribution in [1.29, 1.82) is 0 Å². The first-order valence-corrected chi connectivity index (χ1v) is 8.30. The Labute approximate surface area is 128 Å². The molecule has 0 spiro atoms. The lowest BCUT2D eigenvalue weighted by Gasteiger charge is -2.55. The molecule has 0 aromatic heterocycles. The molecule has 0 radical (unpaired) electrons. The van der Waals surface area contributed by atoms with Crippen molar-refractivity contribution in [2.24, 2.45) is 29.1 Å². The summed E-state index contributed by atoms with van der Waals surface area (Å²) in [5.74, 6) is 0.867. The predicted molar refractivity (Wildman–Crippen MR) is 75.5 cm³/mol. The molecule has 2 unspecified atom stereocenters. The van der Waals surface area contributed by atoms with Crippen LogP contribution in [0, 0.1) is 39.2 Å². The molecule has 120 valence electrons. The number of ketones is 1. The molecule has 0 amide bonds. The van der Waals surface area contributed by atoms with E-state index >= 15 is 0 Å². The molecule has 6 heteroatoms. The fourth-order valence-electron chi connectivity index (χ4n) is 5.52. The number of hydrogen-bond acceptors (Lipinski definition) is 5. The molecular formula is C16H21NO5. The van der Waals surface area contributed by atoms with E-state index in [0.717, 1.165) is 19.3 Å². The van der Waals surface area contributed by atoms with Crippen molar-refractivity contribution in [2.75, 3.05) is 6.61 Å². The van der Waals surface area contributed by atoms with Crippen LogP contribution >= 0.6 is 0 Å². The summed E-state index contributed by atoms with van der Waals surface area (Å²) in [6, 6.07) is -0.804. The second-order valence-corrected chi connectivity index (χ2v) is 7.92. The van der Waals surface area contributed by atoms with Gasteiger partial charge in [0, 0.05) is 16.8 Å². The molecule has 5 fully saturated rings. The summed E-state index contributed by atoms with van der Waals surface area (Å²) >= 11 is 0. The Bertz CT molecular complexity index is 507. The van der Waals surface area contributed by atoms with Gasteiger partial charge in [-0.05, 0) is 56.3 Å². The topological polar surface area (TPSA) is 86.5 Å². The average Bonchev–Trinajstić information content (AvgIpc) is 3.23. The van der Waals surface area contributed by atoms with Gasteiger partial charge in [-0.25, -0.2) is 0 Å². The minimum Gasteiger partial charge on any atom is -0.457 e. The van der Waals surface area contributed by atoms with Gasteiger partial charge in [0.1, 0.15) is 5.92 Å². The van der Waals surface area contributed by atoms with Gasteiger partial charge in [0.2, 0.25) is 6.04 Å². The third-order valence-corrected chi connectivity index (χ3v) is 6.31. The van der Waals surface area contributed by atoms with Gasteiger partial charge in [-0.15, -0.1) is 0 Å². The lowest BCUT2D eigenvalue weighted by atomic mass is 9.48. The standard InChI is InChI=1S/C16H21NO5/c18-14(8-22-15(19)12-4-13(12)17(20)21)16-5-9-1-10(6-16)3-11(2-9)7-16/h9-13H,1-8H2. The average molecular weight is 307 g/mol. The number of esters is 1. The molecule has 5 aliphatic rings. The summed E-state index contributed by atoms with van der Waals surface area (Å²) in [5.41, 5.74) is -0.263.